The predicted molar refractivity (Wildman–Crippen MR) is 102 cm³/mol. The van der Waals surface area contributed by atoms with Crippen LogP contribution in [-0.2, 0) is 0 Å². The number of benzene rings is 1. The third-order valence-corrected chi connectivity index (χ3v) is 4.63. The van der Waals surface area contributed by atoms with Crippen molar-refractivity contribution in [2.75, 3.05) is 0 Å². The molecular formula is C21H12N6O2. The van der Waals surface area contributed by atoms with Crippen LogP contribution in [0.5, 0.6) is 0 Å². The van der Waals surface area contributed by atoms with Gasteiger partial charge in [0.2, 0.25) is 0 Å². The van der Waals surface area contributed by atoms with Gasteiger partial charge >= 0.3 is 5.69 Å². The number of nitrogens with one attached hydrogen (secondary N) is 2. The Balaban J connectivity index is 1.61. The van der Waals surface area contributed by atoms with E-state index in [9.17, 15) is 14.9 Å². The third-order valence-electron chi connectivity index (χ3n) is 4.63. The average Bonchev–Trinajstić information content (AvgIpc) is 3.52. The first-order chi connectivity index (χ1) is 14.1. The molecule has 0 amide bonds. The molecule has 4 rings (SSSR count). The Kier molecular flexibility index (Phi) is 4.49. The van der Waals surface area contributed by atoms with Crippen molar-refractivity contribution in [1.82, 2.24) is 20.2 Å². The molecule has 29 heavy (non-hydrogen) atoms. The zero-order valence-corrected chi connectivity index (χ0v) is 14.9. The van der Waals surface area contributed by atoms with Gasteiger partial charge in [-0.2, -0.15) is 10.5 Å². The van der Waals surface area contributed by atoms with Gasteiger partial charge in [0, 0.05) is 23.6 Å². The van der Waals surface area contributed by atoms with E-state index in [1.807, 2.05) is 6.07 Å². The van der Waals surface area contributed by atoms with Gasteiger partial charge < -0.3 is 4.98 Å². The maximum Gasteiger partial charge on any atom is 0.325 e. The van der Waals surface area contributed by atoms with E-state index in [1.54, 1.807) is 30.3 Å². The molecule has 1 fully saturated rings. The van der Waals surface area contributed by atoms with Crippen LogP contribution in [0.3, 0.4) is 0 Å². The van der Waals surface area contributed by atoms with Crippen molar-refractivity contribution in [1.29, 1.82) is 10.5 Å². The number of nitriles is 2. The summed E-state index contributed by atoms with van der Waals surface area (Å²) in [6, 6.07) is 12.8. The maximum absolute atomic E-state index is 12.0. The minimum atomic E-state index is -0.610. The lowest BCUT2D eigenvalue weighted by Gasteiger charge is -2.04. The highest BCUT2D eigenvalue weighted by molar-refractivity contribution is 5.59. The molecule has 2 atom stereocenters. The van der Waals surface area contributed by atoms with Crippen molar-refractivity contribution in [3.8, 4) is 35.2 Å². The number of nitrogens with zero attached hydrogens (tertiary/aromatic N) is 4. The number of hydrogen-bond donors (Lipinski definition) is 2. The lowest BCUT2D eigenvalue weighted by atomic mass is 10.1. The summed E-state index contributed by atoms with van der Waals surface area (Å²) in [6.45, 7) is 0. The van der Waals surface area contributed by atoms with Gasteiger partial charge in [-0.25, -0.2) is 4.79 Å². The third kappa shape index (κ3) is 3.66. The van der Waals surface area contributed by atoms with Crippen LogP contribution in [0.15, 0.2) is 46.1 Å². The van der Waals surface area contributed by atoms with Gasteiger partial charge in [0.25, 0.3) is 5.56 Å². The molecule has 1 aliphatic carbocycles. The number of rotatable bonds is 2. The highest BCUT2D eigenvalue weighted by Gasteiger charge is 2.39. The summed E-state index contributed by atoms with van der Waals surface area (Å²) in [6.07, 6.45) is 2.04. The first kappa shape index (κ1) is 17.9. The van der Waals surface area contributed by atoms with Gasteiger partial charge in [-0.1, -0.05) is 11.8 Å². The normalized spacial score (nSPS) is 16.8. The summed E-state index contributed by atoms with van der Waals surface area (Å²) < 4.78 is 0. The summed E-state index contributed by atoms with van der Waals surface area (Å²) in [5.74, 6) is 6.35. The molecule has 0 saturated heterocycles. The second kappa shape index (κ2) is 7.26. The lowest BCUT2D eigenvalue weighted by Crippen LogP contribution is -2.23. The minimum absolute atomic E-state index is 0.0200. The van der Waals surface area contributed by atoms with E-state index >= 15 is 0 Å². The fraction of sp³-hybridized carbons (Fsp3) is 0.143. The van der Waals surface area contributed by atoms with E-state index in [2.05, 4.69) is 38.1 Å². The van der Waals surface area contributed by atoms with Crippen LogP contribution < -0.4 is 11.2 Å². The van der Waals surface area contributed by atoms with E-state index in [-0.39, 0.29) is 28.8 Å². The molecule has 1 saturated carbocycles. The Hall–Kier alpha value is -4.48. The van der Waals surface area contributed by atoms with E-state index in [0.29, 0.717) is 11.1 Å². The van der Waals surface area contributed by atoms with E-state index in [4.69, 9.17) is 5.26 Å². The molecule has 0 unspecified atom stereocenters. The van der Waals surface area contributed by atoms with Gasteiger partial charge in [0.05, 0.1) is 17.2 Å². The zero-order chi connectivity index (χ0) is 20.4. The lowest BCUT2D eigenvalue weighted by molar-refractivity contribution is 0.936. The number of hydrogen-bond acceptors (Lipinski definition) is 6. The maximum atomic E-state index is 12.0. The second-order valence-corrected chi connectivity index (χ2v) is 6.54. The highest BCUT2D eigenvalue weighted by Crippen LogP contribution is 2.48. The van der Waals surface area contributed by atoms with Crippen LogP contribution in [0.2, 0.25) is 0 Å². The van der Waals surface area contributed by atoms with E-state index in [0.717, 1.165) is 12.0 Å². The monoisotopic (exact) mass is 380 g/mol. The highest BCUT2D eigenvalue weighted by atomic mass is 16.2. The zero-order valence-electron chi connectivity index (χ0n) is 14.9. The fourth-order valence-corrected chi connectivity index (χ4v) is 3.01. The molecule has 2 aromatic heterocycles. The van der Waals surface area contributed by atoms with Gasteiger partial charge in [0.15, 0.2) is 5.69 Å². The van der Waals surface area contributed by atoms with Gasteiger partial charge in [-0.05, 0) is 42.3 Å². The molecule has 0 radical (unpaired) electrons. The van der Waals surface area contributed by atoms with Crippen LogP contribution in [0.1, 0.15) is 34.7 Å². The fourth-order valence-electron chi connectivity index (χ4n) is 3.01. The van der Waals surface area contributed by atoms with Crippen LogP contribution in [0.25, 0.3) is 11.3 Å². The van der Waals surface area contributed by atoms with Crippen LogP contribution in [-0.4, -0.2) is 20.2 Å². The molecule has 138 valence electrons. The molecule has 8 nitrogen and oxygen atoms in total. The standard InChI is InChI=1S/C21H12N6O2/c22-9-13-3-1-12(2-4-13)5-6-14-7-15(14)16-8-18(26-27-19(16)10-23)17-11-24-21(29)25-20(17)28/h1-4,8,11,14-15H,7H2,(H2,24,25,28,29)/t14-,15-/m0/s1. The first-order valence-electron chi connectivity index (χ1n) is 8.71. The van der Waals surface area contributed by atoms with Crippen molar-refractivity contribution in [2.24, 2.45) is 5.92 Å². The Morgan fingerprint density at radius 2 is 1.79 bits per heavy atom. The molecule has 2 heterocycles. The van der Waals surface area contributed by atoms with Gasteiger partial charge in [0.1, 0.15) is 11.8 Å². The van der Waals surface area contributed by atoms with Crippen LogP contribution in [0.4, 0.5) is 0 Å². The summed E-state index contributed by atoms with van der Waals surface area (Å²) in [5, 5.41) is 26.1. The molecular weight excluding hydrogens is 368 g/mol. The van der Waals surface area contributed by atoms with E-state index < -0.39 is 11.2 Å². The molecule has 0 bridgehead atoms. The van der Waals surface area contributed by atoms with Crippen molar-refractivity contribution in [3.63, 3.8) is 0 Å². The van der Waals surface area contributed by atoms with Crippen molar-refractivity contribution in [2.45, 2.75) is 12.3 Å². The van der Waals surface area contributed by atoms with Crippen molar-refractivity contribution >= 4 is 0 Å². The number of H-pyrrole nitrogens is 2. The molecule has 2 N–H and O–H groups in total. The smallest absolute Gasteiger partial charge is 0.313 e. The number of aromatic nitrogens is 4. The van der Waals surface area contributed by atoms with Crippen LogP contribution in [0, 0.1) is 40.4 Å². The first-order valence-corrected chi connectivity index (χ1v) is 8.71. The second-order valence-electron chi connectivity index (χ2n) is 6.54. The predicted octanol–water partition coefficient (Wildman–Crippen LogP) is 1.42. The topological polar surface area (TPSA) is 139 Å². The Morgan fingerprint density at radius 1 is 1.03 bits per heavy atom. The average molecular weight is 380 g/mol. The summed E-state index contributed by atoms with van der Waals surface area (Å²) in [5.41, 5.74) is 1.53. The minimum Gasteiger partial charge on any atom is -0.313 e. The molecule has 0 spiro atoms. The SMILES string of the molecule is N#Cc1ccc(C#C[C@H]2C[C@@H]2c2cc(-c3c[nH]c(=O)[nH]c3=O)nnc2C#N)cc1. The summed E-state index contributed by atoms with van der Waals surface area (Å²) in [4.78, 5) is 27.8. The summed E-state index contributed by atoms with van der Waals surface area (Å²) in [7, 11) is 0. The van der Waals surface area contributed by atoms with E-state index in [1.165, 1.54) is 6.20 Å². The summed E-state index contributed by atoms with van der Waals surface area (Å²) >= 11 is 0. The molecule has 3 aromatic rings. The Morgan fingerprint density at radius 3 is 2.48 bits per heavy atom. The Labute approximate surface area is 164 Å². The van der Waals surface area contributed by atoms with Gasteiger partial charge in [-0.15, -0.1) is 10.2 Å². The largest absolute Gasteiger partial charge is 0.325 e. The van der Waals surface area contributed by atoms with Crippen LogP contribution >= 0.6 is 0 Å². The molecule has 8 heteroatoms. The molecule has 0 aliphatic heterocycles. The molecule has 1 aliphatic rings. The van der Waals surface area contributed by atoms with Crippen molar-refractivity contribution < 1.29 is 0 Å². The Bertz CT molecular complexity index is 1360. The van der Waals surface area contributed by atoms with Gasteiger partial charge in [-0.3, -0.25) is 9.78 Å². The van der Waals surface area contributed by atoms with Crippen molar-refractivity contribution in [3.05, 3.63) is 79.8 Å². The number of aromatic amines is 2. The quantitative estimate of drug-likeness (QED) is 0.645. The molecule has 1 aromatic carbocycles.